The van der Waals surface area contributed by atoms with E-state index < -0.39 is 14.0 Å². The Bertz CT molecular complexity index is 336. The highest BCUT2D eigenvalue weighted by Gasteiger charge is 2.10. The van der Waals surface area contributed by atoms with Crippen molar-refractivity contribution in [3.63, 3.8) is 0 Å². The highest BCUT2D eigenvalue weighted by molar-refractivity contribution is 6.58. The molecule has 1 rings (SSSR count). The van der Waals surface area contributed by atoms with Crippen LogP contribution in [0.25, 0.3) is 0 Å². The second-order valence-corrected chi connectivity index (χ2v) is 2.45. The molecule has 0 saturated heterocycles. The van der Waals surface area contributed by atoms with Crippen LogP contribution in [-0.2, 0) is 0 Å². The largest absolute Gasteiger partial charge is 0.488 e. The summed E-state index contributed by atoms with van der Waals surface area (Å²) in [4.78, 5) is 0. The lowest BCUT2D eigenvalue weighted by atomic mass is 9.79. The second-order valence-electron chi connectivity index (χ2n) is 2.45. The van der Waals surface area contributed by atoms with Gasteiger partial charge in [0.1, 0.15) is 0 Å². The summed E-state index contributed by atoms with van der Waals surface area (Å²) >= 11 is 0. The summed E-state index contributed by atoms with van der Waals surface area (Å²) in [5, 5.41) is 17.8. The molecular weight excluding hydrogens is 139 g/mol. The van der Waals surface area contributed by atoms with Gasteiger partial charge in [0.25, 0.3) is 0 Å². The molecule has 0 spiro atoms. The quantitative estimate of drug-likeness (QED) is 0.556. The average molecular weight is 153 g/mol. The summed E-state index contributed by atoms with van der Waals surface area (Å²) in [6, 6.07) is 4.36. The number of rotatable bonds is 1. The van der Waals surface area contributed by atoms with Crippen molar-refractivity contribution >= 4 is 12.6 Å². The van der Waals surface area contributed by atoms with E-state index in [4.69, 9.17) is 14.2 Å². The number of aryl methyl sites for hydroxylation is 2. The Balaban J connectivity index is 3.22. The minimum absolute atomic E-state index is 0.156. The van der Waals surface area contributed by atoms with Crippen molar-refractivity contribution in [2.45, 2.75) is 13.8 Å². The normalized spacial score (nSPS) is 15.0. The molecule has 0 atom stereocenters. The first-order chi connectivity index (χ1) is 6.32. The Kier molecular flexibility index (Phi) is 1.38. The molecule has 1 aromatic carbocycles. The van der Waals surface area contributed by atoms with Gasteiger partial charge in [-0.1, -0.05) is 18.2 Å². The molecule has 0 aliphatic rings. The zero-order valence-electron chi connectivity index (χ0n) is 9.20. The van der Waals surface area contributed by atoms with Crippen LogP contribution in [-0.4, -0.2) is 17.2 Å². The number of hydrogen-bond acceptors (Lipinski definition) is 2. The van der Waals surface area contributed by atoms with E-state index in [9.17, 15) is 0 Å². The molecule has 0 fully saturated rings. The van der Waals surface area contributed by atoms with Crippen molar-refractivity contribution in [1.29, 1.82) is 0 Å². The number of hydrogen-bond donors (Lipinski definition) is 2. The van der Waals surface area contributed by atoms with E-state index in [1.165, 1.54) is 12.1 Å². The van der Waals surface area contributed by atoms with E-state index >= 15 is 0 Å². The molecule has 0 aromatic heterocycles. The topological polar surface area (TPSA) is 40.5 Å². The van der Waals surface area contributed by atoms with Gasteiger partial charge in [-0.25, -0.2) is 0 Å². The Morgan fingerprint density at radius 3 is 2.64 bits per heavy atom. The fourth-order valence-corrected chi connectivity index (χ4v) is 0.800. The first-order valence-corrected chi connectivity index (χ1v) is 3.29. The van der Waals surface area contributed by atoms with Crippen molar-refractivity contribution in [3.8, 4) is 0 Å². The lowest BCUT2D eigenvalue weighted by molar-refractivity contribution is 0.425. The smallest absolute Gasteiger partial charge is 0.423 e. The maximum atomic E-state index is 8.88. The third-order valence-corrected chi connectivity index (χ3v) is 1.56. The van der Waals surface area contributed by atoms with Gasteiger partial charge in [0.15, 0.2) is 0 Å². The standard InChI is InChI=1S/C8H11BO2/c1-6-3-4-8(9(10)11)5-7(6)2/h3-5,10-11H,1-2H3/i2D3. The van der Waals surface area contributed by atoms with Crippen LogP contribution in [0.2, 0.25) is 0 Å². The Hall–Kier alpha value is -0.795. The van der Waals surface area contributed by atoms with E-state index in [0.717, 1.165) is 0 Å². The molecule has 2 nitrogen and oxygen atoms in total. The van der Waals surface area contributed by atoms with E-state index in [-0.39, 0.29) is 11.0 Å². The molecule has 0 amide bonds. The van der Waals surface area contributed by atoms with Crippen LogP contribution in [0.4, 0.5) is 0 Å². The van der Waals surface area contributed by atoms with Crippen LogP contribution in [0.5, 0.6) is 0 Å². The van der Waals surface area contributed by atoms with Crippen LogP contribution >= 0.6 is 0 Å². The molecule has 0 bridgehead atoms. The third kappa shape index (κ3) is 1.82. The van der Waals surface area contributed by atoms with Crippen molar-refractivity contribution in [1.82, 2.24) is 0 Å². The first kappa shape index (κ1) is 4.96. The molecular formula is C8H11BO2. The molecule has 0 unspecified atom stereocenters. The molecule has 0 heterocycles. The molecule has 0 saturated carbocycles. The fraction of sp³-hybridized carbons (Fsp3) is 0.250. The summed E-state index contributed by atoms with van der Waals surface area (Å²) in [6.07, 6.45) is 0. The molecule has 0 aliphatic heterocycles. The van der Waals surface area contributed by atoms with Crippen LogP contribution in [0, 0.1) is 13.8 Å². The molecule has 0 aliphatic carbocycles. The van der Waals surface area contributed by atoms with Gasteiger partial charge < -0.3 is 10.0 Å². The predicted molar refractivity (Wildman–Crippen MR) is 45.7 cm³/mol. The Morgan fingerprint density at radius 1 is 1.36 bits per heavy atom. The molecule has 1 aromatic rings. The summed E-state index contributed by atoms with van der Waals surface area (Å²) in [5.74, 6) is 0. The van der Waals surface area contributed by atoms with Crippen molar-refractivity contribution in [2.24, 2.45) is 0 Å². The van der Waals surface area contributed by atoms with E-state index in [2.05, 4.69) is 0 Å². The predicted octanol–water partition coefficient (Wildman–Crippen LogP) is -0.0168. The van der Waals surface area contributed by atoms with Gasteiger partial charge in [0.05, 0.1) is 0 Å². The minimum atomic E-state index is -2.21. The van der Waals surface area contributed by atoms with Gasteiger partial charge in [0, 0.05) is 4.11 Å². The van der Waals surface area contributed by atoms with Crippen LogP contribution in [0.1, 0.15) is 15.2 Å². The Labute approximate surface area is 70.9 Å². The third-order valence-electron chi connectivity index (χ3n) is 1.56. The van der Waals surface area contributed by atoms with Gasteiger partial charge in [-0.05, 0) is 30.4 Å². The minimum Gasteiger partial charge on any atom is -0.423 e. The maximum absolute atomic E-state index is 8.88. The second kappa shape index (κ2) is 3.07. The molecule has 0 radical (unpaired) electrons. The summed E-state index contributed by atoms with van der Waals surface area (Å²) in [6.45, 7) is -0.537. The molecule has 11 heavy (non-hydrogen) atoms. The van der Waals surface area contributed by atoms with Crippen LogP contribution in [0.15, 0.2) is 18.2 Å². The zero-order valence-corrected chi connectivity index (χ0v) is 6.20. The molecule has 2 N–H and O–H groups in total. The van der Waals surface area contributed by atoms with Gasteiger partial charge >= 0.3 is 7.12 Å². The van der Waals surface area contributed by atoms with E-state index in [1.54, 1.807) is 13.0 Å². The van der Waals surface area contributed by atoms with E-state index in [0.29, 0.717) is 5.56 Å². The highest BCUT2D eigenvalue weighted by atomic mass is 16.4. The fourth-order valence-electron chi connectivity index (χ4n) is 0.800. The summed E-state index contributed by atoms with van der Waals surface area (Å²) in [7, 11) is -1.63. The van der Waals surface area contributed by atoms with Crippen LogP contribution < -0.4 is 5.46 Å². The van der Waals surface area contributed by atoms with Gasteiger partial charge in [0.2, 0.25) is 0 Å². The monoisotopic (exact) mass is 153 g/mol. The molecule has 58 valence electrons. The number of benzene rings is 1. The van der Waals surface area contributed by atoms with Crippen molar-refractivity contribution in [2.75, 3.05) is 0 Å². The van der Waals surface area contributed by atoms with Crippen molar-refractivity contribution < 1.29 is 14.2 Å². The highest BCUT2D eigenvalue weighted by Crippen LogP contribution is 2.02. The lowest BCUT2D eigenvalue weighted by Gasteiger charge is -2.02. The summed E-state index contributed by atoms with van der Waals surface area (Å²) in [5.41, 5.74) is 0.972. The zero-order chi connectivity index (χ0) is 10.9. The SMILES string of the molecule is [2H]C([2H])([2H])c1cc(B(O)O)ccc1C. The van der Waals surface area contributed by atoms with Gasteiger partial charge in [-0.15, -0.1) is 0 Å². The van der Waals surface area contributed by atoms with Gasteiger partial charge in [-0.2, -0.15) is 0 Å². The molecule has 3 heteroatoms. The average Bonchev–Trinajstić information content (AvgIpc) is 2.02. The maximum Gasteiger partial charge on any atom is 0.488 e. The van der Waals surface area contributed by atoms with E-state index in [1.807, 2.05) is 0 Å². The van der Waals surface area contributed by atoms with Gasteiger partial charge in [-0.3, -0.25) is 0 Å². The van der Waals surface area contributed by atoms with Crippen LogP contribution in [0.3, 0.4) is 0 Å². The summed E-state index contributed by atoms with van der Waals surface area (Å²) < 4.78 is 21.7. The lowest BCUT2D eigenvalue weighted by Crippen LogP contribution is -2.29. The Morgan fingerprint density at radius 2 is 2.09 bits per heavy atom. The van der Waals surface area contributed by atoms with Crippen molar-refractivity contribution in [3.05, 3.63) is 29.3 Å². The first-order valence-electron chi connectivity index (χ1n) is 4.79.